The number of carbonyl (C=O) groups is 1. The molecule has 1 aliphatic rings. The molecule has 0 radical (unpaired) electrons. The molecule has 172 valence electrons. The van der Waals surface area contributed by atoms with E-state index >= 15 is 0 Å². The molecule has 2 N–H and O–H groups in total. The number of thiophene rings is 1. The van der Waals surface area contributed by atoms with Crippen molar-refractivity contribution in [1.29, 1.82) is 0 Å². The normalized spacial score (nSPS) is 15.1. The van der Waals surface area contributed by atoms with Crippen LogP contribution in [-0.4, -0.2) is 56.0 Å². The third-order valence-electron chi connectivity index (χ3n) is 4.70. The summed E-state index contributed by atoms with van der Waals surface area (Å²) in [6, 6.07) is 7.69. The summed E-state index contributed by atoms with van der Waals surface area (Å²) in [4.78, 5) is 16.9. The number of pyridine rings is 1. The lowest BCUT2D eigenvalue weighted by Gasteiger charge is -2.32. The fourth-order valence-electron chi connectivity index (χ4n) is 3.15. The Hall–Kier alpha value is -2.99. The first-order chi connectivity index (χ1) is 15.2. The van der Waals surface area contributed by atoms with Crippen molar-refractivity contribution in [2.24, 2.45) is 0 Å². The molecule has 4 heterocycles. The van der Waals surface area contributed by atoms with Crippen LogP contribution in [-0.2, 0) is 11.3 Å². The third-order valence-corrected chi connectivity index (χ3v) is 5.56. The van der Waals surface area contributed by atoms with Crippen molar-refractivity contribution < 1.29 is 27.5 Å². The predicted molar refractivity (Wildman–Crippen MR) is 111 cm³/mol. The zero-order chi connectivity index (χ0) is 23.1. The van der Waals surface area contributed by atoms with E-state index in [2.05, 4.69) is 37.8 Å². The van der Waals surface area contributed by atoms with Gasteiger partial charge in [-0.25, -0.2) is 18.9 Å². The van der Waals surface area contributed by atoms with Crippen molar-refractivity contribution in [3.05, 3.63) is 58.9 Å². The van der Waals surface area contributed by atoms with Crippen LogP contribution in [0.25, 0.3) is 5.82 Å². The summed E-state index contributed by atoms with van der Waals surface area (Å²) in [6.07, 6.45) is 2.19. The van der Waals surface area contributed by atoms with Crippen LogP contribution in [0, 0.1) is 5.82 Å². The van der Waals surface area contributed by atoms with Gasteiger partial charge in [0.15, 0.2) is 11.6 Å². The molecule has 3 aromatic heterocycles. The van der Waals surface area contributed by atoms with Crippen LogP contribution in [0.5, 0.6) is 0 Å². The van der Waals surface area contributed by atoms with Gasteiger partial charge in [0.2, 0.25) is 0 Å². The van der Waals surface area contributed by atoms with Crippen molar-refractivity contribution in [2.45, 2.75) is 31.6 Å². The van der Waals surface area contributed by atoms with Crippen molar-refractivity contribution in [2.75, 3.05) is 18.4 Å². The standard InChI is InChI=1S/C18H20FN5S.C2HF3O2/c19-17-4-1-7-20-18(17)24-12-15(11-21-24)22-14-5-8-23(9-6-14)13-16-3-2-10-25-16;3-2(4,5)1(6)7/h1-4,7,10-12,14,22H,5-6,8-9,13H2;(H,6,7). The Morgan fingerprint density at radius 3 is 2.56 bits per heavy atom. The number of likely N-dealkylation sites (tertiary alicyclic amines) is 1. The third kappa shape index (κ3) is 6.76. The summed E-state index contributed by atoms with van der Waals surface area (Å²) in [5.41, 5.74) is 0.904. The van der Waals surface area contributed by atoms with E-state index in [0.29, 0.717) is 6.04 Å². The molecular weight excluding hydrogens is 450 g/mol. The minimum atomic E-state index is -5.08. The lowest BCUT2D eigenvalue weighted by Crippen LogP contribution is -2.38. The molecule has 0 atom stereocenters. The molecule has 0 unspecified atom stereocenters. The Morgan fingerprint density at radius 1 is 1.25 bits per heavy atom. The molecule has 4 rings (SSSR count). The summed E-state index contributed by atoms with van der Waals surface area (Å²) < 4.78 is 47.0. The van der Waals surface area contributed by atoms with Crippen LogP contribution in [0.4, 0.5) is 23.2 Å². The highest BCUT2D eigenvalue weighted by atomic mass is 32.1. The van der Waals surface area contributed by atoms with Gasteiger partial charge in [-0.3, -0.25) is 4.90 Å². The number of carboxylic acid groups (broad SMARTS) is 1. The number of nitrogens with zero attached hydrogens (tertiary/aromatic N) is 4. The van der Waals surface area contributed by atoms with Gasteiger partial charge in [0.1, 0.15) is 0 Å². The molecule has 0 bridgehead atoms. The second-order valence-electron chi connectivity index (χ2n) is 7.06. The fourth-order valence-corrected chi connectivity index (χ4v) is 3.90. The molecule has 1 fully saturated rings. The predicted octanol–water partition coefficient (Wildman–Crippen LogP) is 4.18. The molecule has 32 heavy (non-hydrogen) atoms. The second kappa shape index (κ2) is 10.6. The average Bonchev–Trinajstić information content (AvgIpc) is 3.42. The maximum Gasteiger partial charge on any atom is 0.490 e. The van der Waals surface area contributed by atoms with Gasteiger partial charge >= 0.3 is 12.1 Å². The molecule has 0 aliphatic carbocycles. The number of anilines is 1. The number of piperidine rings is 1. The first-order valence-corrected chi connectivity index (χ1v) is 10.6. The molecule has 7 nitrogen and oxygen atoms in total. The lowest BCUT2D eigenvalue weighted by atomic mass is 10.0. The van der Waals surface area contributed by atoms with E-state index in [1.165, 1.54) is 15.6 Å². The van der Waals surface area contributed by atoms with Gasteiger partial charge in [0.05, 0.1) is 18.1 Å². The highest BCUT2D eigenvalue weighted by molar-refractivity contribution is 7.09. The quantitative estimate of drug-likeness (QED) is 0.544. The minimum Gasteiger partial charge on any atom is -0.475 e. The summed E-state index contributed by atoms with van der Waals surface area (Å²) in [5, 5.41) is 17.0. The number of carboxylic acids is 1. The number of aliphatic carboxylic acids is 1. The molecule has 0 aromatic carbocycles. The first kappa shape index (κ1) is 23.7. The number of hydrogen-bond acceptors (Lipinski definition) is 6. The van der Waals surface area contributed by atoms with Crippen LogP contribution in [0.2, 0.25) is 0 Å². The topological polar surface area (TPSA) is 83.3 Å². The van der Waals surface area contributed by atoms with Gasteiger partial charge in [-0.1, -0.05) is 6.07 Å². The van der Waals surface area contributed by atoms with E-state index in [4.69, 9.17) is 9.90 Å². The summed E-state index contributed by atoms with van der Waals surface area (Å²) in [5.74, 6) is -2.91. The molecule has 1 saturated heterocycles. The largest absolute Gasteiger partial charge is 0.490 e. The maximum atomic E-state index is 13.8. The Bertz CT molecular complexity index is 1000. The Balaban J connectivity index is 0.000000360. The van der Waals surface area contributed by atoms with Crippen LogP contribution in [0.3, 0.4) is 0 Å². The van der Waals surface area contributed by atoms with E-state index in [-0.39, 0.29) is 11.6 Å². The van der Waals surface area contributed by atoms with Gasteiger partial charge in [0, 0.05) is 36.8 Å². The molecule has 0 amide bonds. The first-order valence-electron chi connectivity index (χ1n) is 9.69. The summed E-state index contributed by atoms with van der Waals surface area (Å²) >= 11 is 1.82. The van der Waals surface area contributed by atoms with E-state index in [1.54, 1.807) is 24.7 Å². The number of halogens is 4. The van der Waals surface area contributed by atoms with Crippen LogP contribution >= 0.6 is 11.3 Å². The Morgan fingerprint density at radius 2 is 1.97 bits per heavy atom. The zero-order valence-corrected chi connectivity index (χ0v) is 17.6. The highest BCUT2D eigenvalue weighted by Crippen LogP contribution is 2.20. The average molecular weight is 471 g/mol. The second-order valence-corrected chi connectivity index (χ2v) is 8.09. The summed E-state index contributed by atoms with van der Waals surface area (Å²) in [7, 11) is 0. The van der Waals surface area contributed by atoms with Crippen LogP contribution in [0.1, 0.15) is 17.7 Å². The number of hydrogen-bond donors (Lipinski definition) is 2. The zero-order valence-electron chi connectivity index (χ0n) is 16.8. The lowest BCUT2D eigenvalue weighted by molar-refractivity contribution is -0.192. The smallest absolute Gasteiger partial charge is 0.475 e. The van der Waals surface area contributed by atoms with Crippen molar-refractivity contribution in [1.82, 2.24) is 19.7 Å². The van der Waals surface area contributed by atoms with Gasteiger partial charge in [-0.15, -0.1) is 11.3 Å². The molecule has 12 heteroatoms. The van der Waals surface area contributed by atoms with Crippen LogP contribution < -0.4 is 5.32 Å². The molecule has 0 spiro atoms. The van der Waals surface area contributed by atoms with Crippen molar-refractivity contribution >= 4 is 23.0 Å². The van der Waals surface area contributed by atoms with E-state index in [0.717, 1.165) is 38.2 Å². The van der Waals surface area contributed by atoms with Gasteiger partial charge < -0.3 is 10.4 Å². The monoisotopic (exact) mass is 471 g/mol. The fraction of sp³-hybridized carbons (Fsp3) is 0.350. The number of alkyl halides is 3. The van der Waals surface area contributed by atoms with Crippen molar-refractivity contribution in [3.63, 3.8) is 0 Å². The Kier molecular flexibility index (Phi) is 7.80. The van der Waals surface area contributed by atoms with E-state index in [1.807, 2.05) is 11.3 Å². The van der Waals surface area contributed by atoms with Crippen LogP contribution in [0.15, 0.2) is 48.2 Å². The minimum absolute atomic E-state index is 0.223. The Labute approximate surface area is 185 Å². The maximum absolute atomic E-state index is 13.8. The van der Waals surface area contributed by atoms with Gasteiger partial charge in [0.25, 0.3) is 0 Å². The van der Waals surface area contributed by atoms with Gasteiger partial charge in [-0.2, -0.15) is 18.3 Å². The van der Waals surface area contributed by atoms with E-state index in [9.17, 15) is 17.6 Å². The molecule has 1 aliphatic heterocycles. The SMILES string of the molecule is Fc1cccnc1-n1cc(NC2CCN(Cc3cccs3)CC2)cn1.O=C(O)C(F)(F)F. The highest BCUT2D eigenvalue weighted by Gasteiger charge is 2.38. The van der Waals surface area contributed by atoms with E-state index < -0.39 is 12.1 Å². The molecule has 0 saturated carbocycles. The van der Waals surface area contributed by atoms with Crippen molar-refractivity contribution in [3.8, 4) is 5.82 Å². The summed E-state index contributed by atoms with van der Waals surface area (Å²) in [6.45, 7) is 3.21. The van der Waals surface area contributed by atoms with Gasteiger partial charge in [-0.05, 0) is 36.4 Å². The number of nitrogens with one attached hydrogen (secondary N) is 1. The number of rotatable bonds is 5. The number of aromatic nitrogens is 3. The molecular formula is C20H21F4N5O2S. The molecule has 3 aromatic rings.